The first kappa shape index (κ1) is 15.9. The Morgan fingerprint density at radius 1 is 1.48 bits per heavy atom. The number of hydrogen-bond donors (Lipinski definition) is 2. The van der Waals surface area contributed by atoms with E-state index in [1.807, 2.05) is 4.90 Å². The molecule has 1 fully saturated rings. The zero-order valence-corrected chi connectivity index (χ0v) is 13.1. The van der Waals surface area contributed by atoms with Crippen molar-refractivity contribution in [1.29, 1.82) is 0 Å². The number of halogens is 1. The number of nitrogens with one attached hydrogen (secondary N) is 1. The van der Waals surface area contributed by atoms with E-state index < -0.39 is 0 Å². The average Bonchev–Trinajstić information content (AvgIpc) is 3.17. The highest BCUT2D eigenvalue weighted by Crippen LogP contribution is 2.23. The van der Waals surface area contributed by atoms with Gasteiger partial charge in [0.05, 0.1) is 5.52 Å². The molecule has 5 nitrogen and oxygen atoms in total. The number of rotatable bonds is 6. The number of imidazole rings is 1. The van der Waals surface area contributed by atoms with Crippen LogP contribution < -0.4 is 0 Å². The zero-order valence-electron chi connectivity index (χ0n) is 13.1. The normalized spacial score (nSPS) is 18.0. The molecule has 124 valence electrons. The molecule has 23 heavy (non-hydrogen) atoms. The van der Waals surface area contributed by atoms with Crippen LogP contribution in [0, 0.1) is 5.82 Å². The van der Waals surface area contributed by atoms with Crippen LogP contribution in [-0.4, -0.2) is 45.1 Å². The minimum Gasteiger partial charge on any atom is -0.396 e. The second-order valence-electron chi connectivity index (χ2n) is 6.07. The summed E-state index contributed by atoms with van der Waals surface area (Å²) < 4.78 is 13.6. The first-order valence-corrected chi connectivity index (χ1v) is 8.22. The molecule has 0 bridgehead atoms. The van der Waals surface area contributed by atoms with Crippen molar-refractivity contribution < 1.29 is 14.3 Å². The Morgan fingerprint density at radius 3 is 3.13 bits per heavy atom. The average molecular weight is 319 g/mol. The summed E-state index contributed by atoms with van der Waals surface area (Å²) >= 11 is 0. The molecule has 1 aliphatic heterocycles. The summed E-state index contributed by atoms with van der Waals surface area (Å²) in [5, 5.41) is 8.95. The number of hydrogen-bond acceptors (Lipinski definition) is 3. The molecule has 6 heteroatoms. The molecule has 1 unspecified atom stereocenters. The smallest absolute Gasteiger partial charge is 0.223 e. The van der Waals surface area contributed by atoms with Crippen molar-refractivity contribution in [2.24, 2.45) is 0 Å². The van der Waals surface area contributed by atoms with E-state index in [-0.39, 0.29) is 24.4 Å². The van der Waals surface area contributed by atoms with Gasteiger partial charge in [-0.15, -0.1) is 0 Å². The van der Waals surface area contributed by atoms with E-state index >= 15 is 0 Å². The van der Waals surface area contributed by atoms with Crippen molar-refractivity contribution in [3.05, 3.63) is 29.8 Å². The third-order valence-corrected chi connectivity index (χ3v) is 4.48. The molecule has 2 aromatic rings. The Hall–Kier alpha value is -1.95. The number of aromatic amines is 1. The molecule has 2 N–H and O–H groups in total. The lowest BCUT2D eigenvalue weighted by molar-refractivity contribution is -0.132. The van der Waals surface area contributed by atoms with Crippen molar-refractivity contribution >= 4 is 16.9 Å². The van der Waals surface area contributed by atoms with Crippen LogP contribution in [-0.2, 0) is 11.2 Å². The molecular formula is C17H22FN3O2. The molecule has 1 atom stereocenters. The number of fused-ring (bicyclic) bond motifs is 1. The second-order valence-corrected chi connectivity index (χ2v) is 6.07. The van der Waals surface area contributed by atoms with E-state index in [9.17, 15) is 9.18 Å². The Labute approximate surface area is 134 Å². The summed E-state index contributed by atoms with van der Waals surface area (Å²) in [6.07, 6.45) is 4.49. The van der Waals surface area contributed by atoms with Crippen molar-refractivity contribution in [3.8, 4) is 0 Å². The van der Waals surface area contributed by atoms with Gasteiger partial charge in [0.1, 0.15) is 11.3 Å². The number of likely N-dealkylation sites (tertiary alicyclic amines) is 1. The van der Waals surface area contributed by atoms with Crippen LogP contribution in [0.2, 0.25) is 0 Å². The Morgan fingerprint density at radius 2 is 2.35 bits per heavy atom. The Bertz CT molecular complexity index is 686. The summed E-state index contributed by atoms with van der Waals surface area (Å²) in [7, 11) is 0. The molecule has 0 saturated carbocycles. The highest BCUT2D eigenvalue weighted by Gasteiger charge is 2.27. The number of benzene rings is 1. The summed E-state index contributed by atoms with van der Waals surface area (Å²) in [6, 6.07) is 5.06. The third-order valence-electron chi connectivity index (χ3n) is 4.48. The fourth-order valence-electron chi connectivity index (χ4n) is 3.33. The van der Waals surface area contributed by atoms with Crippen LogP contribution in [0.3, 0.4) is 0 Å². The number of H-pyrrole nitrogens is 1. The van der Waals surface area contributed by atoms with Gasteiger partial charge in [0.2, 0.25) is 5.91 Å². The predicted octanol–water partition coefficient (Wildman–Crippen LogP) is 2.40. The monoisotopic (exact) mass is 319 g/mol. The van der Waals surface area contributed by atoms with Crippen LogP contribution in [0.15, 0.2) is 18.2 Å². The number of aryl methyl sites for hydroxylation is 1. The largest absolute Gasteiger partial charge is 0.396 e. The van der Waals surface area contributed by atoms with Crippen LogP contribution in [0.1, 0.15) is 37.9 Å². The summed E-state index contributed by atoms with van der Waals surface area (Å²) in [6.45, 7) is 0.965. The highest BCUT2D eigenvalue weighted by atomic mass is 19.1. The van der Waals surface area contributed by atoms with Crippen molar-refractivity contribution in [2.45, 2.75) is 44.6 Å². The zero-order chi connectivity index (χ0) is 16.2. The van der Waals surface area contributed by atoms with Crippen LogP contribution in [0.4, 0.5) is 4.39 Å². The molecule has 3 rings (SSSR count). The molecule has 2 heterocycles. The van der Waals surface area contributed by atoms with Gasteiger partial charge in [-0.05, 0) is 37.8 Å². The number of aromatic nitrogens is 2. The van der Waals surface area contributed by atoms with Gasteiger partial charge in [-0.1, -0.05) is 6.07 Å². The van der Waals surface area contributed by atoms with E-state index in [1.165, 1.54) is 6.07 Å². The van der Waals surface area contributed by atoms with Crippen molar-refractivity contribution in [1.82, 2.24) is 14.9 Å². The van der Waals surface area contributed by atoms with Crippen molar-refractivity contribution in [3.63, 3.8) is 0 Å². The third kappa shape index (κ3) is 3.52. The predicted molar refractivity (Wildman–Crippen MR) is 85.4 cm³/mol. The van der Waals surface area contributed by atoms with E-state index in [0.717, 1.165) is 32.2 Å². The number of carbonyl (C=O) groups is 1. The molecule has 1 aromatic carbocycles. The summed E-state index contributed by atoms with van der Waals surface area (Å²) in [4.78, 5) is 21.7. The standard InChI is InChI=1S/C17H22FN3O2/c18-13-6-1-7-14-17(13)20-15(19-14)8-9-16(23)21-10-2-4-12(21)5-3-11-22/h1,6-7,12,22H,2-5,8-11H2,(H,19,20). The molecular weight excluding hydrogens is 297 g/mol. The molecule has 1 aromatic heterocycles. The lowest BCUT2D eigenvalue weighted by atomic mass is 10.1. The van der Waals surface area contributed by atoms with Gasteiger partial charge in [0, 0.05) is 32.0 Å². The Balaban J connectivity index is 1.60. The first-order chi connectivity index (χ1) is 11.2. The lowest BCUT2D eigenvalue weighted by Gasteiger charge is -2.24. The SMILES string of the molecule is O=C(CCc1nc2c(F)cccc2[nH]1)N1CCCC1CCCO. The maximum atomic E-state index is 13.6. The van der Waals surface area contributed by atoms with Gasteiger partial charge in [-0.3, -0.25) is 4.79 Å². The van der Waals surface area contributed by atoms with Crippen LogP contribution in [0.25, 0.3) is 11.0 Å². The van der Waals surface area contributed by atoms with Gasteiger partial charge >= 0.3 is 0 Å². The highest BCUT2D eigenvalue weighted by molar-refractivity contribution is 5.78. The van der Waals surface area contributed by atoms with Gasteiger partial charge in [-0.25, -0.2) is 9.37 Å². The number of nitrogens with zero attached hydrogens (tertiary/aromatic N) is 2. The fraction of sp³-hybridized carbons (Fsp3) is 0.529. The van der Waals surface area contributed by atoms with Crippen LogP contribution in [0.5, 0.6) is 0 Å². The van der Waals surface area contributed by atoms with E-state index in [4.69, 9.17) is 5.11 Å². The van der Waals surface area contributed by atoms with Gasteiger partial charge < -0.3 is 15.0 Å². The topological polar surface area (TPSA) is 69.2 Å². The van der Waals surface area contributed by atoms with Gasteiger partial charge in [0.25, 0.3) is 0 Å². The fourth-order valence-corrected chi connectivity index (χ4v) is 3.33. The summed E-state index contributed by atoms with van der Waals surface area (Å²) in [5.74, 6) is 0.413. The minimum atomic E-state index is -0.347. The number of carbonyl (C=O) groups excluding carboxylic acids is 1. The molecule has 1 aliphatic rings. The molecule has 0 aliphatic carbocycles. The van der Waals surface area contributed by atoms with E-state index in [1.54, 1.807) is 12.1 Å². The van der Waals surface area contributed by atoms with E-state index in [2.05, 4.69) is 9.97 Å². The molecule has 0 spiro atoms. The lowest BCUT2D eigenvalue weighted by Crippen LogP contribution is -2.35. The number of amides is 1. The maximum absolute atomic E-state index is 13.6. The number of para-hydroxylation sites is 1. The quantitative estimate of drug-likeness (QED) is 0.859. The second kappa shape index (κ2) is 7.08. The minimum absolute atomic E-state index is 0.117. The molecule has 0 radical (unpaired) electrons. The van der Waals surface area contributed by atoms with Gasteiger partial charge in [-0.2, -0.15) is 0 Å². The molecule has 1 amide bonds. The maximum Gasteiger partial charge on any atom is 0.223 e. The first-order valence-electron chi connectivity index (χ1n) is 8.22. The van der Waals surface area contributed by atoms with Crippen molar-refractivity contribution in [2.75, 3.05) is 13.2 Å². The summed E-state index contributed by atoms with van der Waals surface area (Å²) in [5.41, 5.74) is 0.992. The molecule has 1 saturated heterocycles. The number of aliphatic hydroxyl groups excluding tert-OH is 1. The van der Waals surface area contributed by atoms with Crippen LogP contribution >= 0.6 is 0 Å². The number of aliphatic hydroxyl groups is 1. The Kier molecular flexibility index (Phi) is 4.91. The van der Waals surface area contributed by atoms with Gasteiger partial charge in [0.15, 0.2) is 5.82 Å². The van der Waals surface area contributed by atoms with E-state index in [0.29, 0.717) is 29.7 Å².